The zero-order valence-corrected chi connectivity index (χ0v) is 12.4. The van der Waals surface area contributed by atoms with Gasteiger partial charge in [-0.3, -0.25) is 0 Å². The van der Waals surface area contributed by atoms with Gasteiger partial charge >= 0.3 is 12.3 Å². The highest BCUT2D eigenvalue weighted by Gasteiger charge is 2.38. The molecular formula is C13H23F3N2O2. The van der Waals surface area contributed by atoms with Crippen molar-refractivity contribution in [3.63, 3.8) is 0 Å². The van der Waals surface area contributed by atoms with Crippen LogP contribution in [-0.4, -0.2) is 47.9 Å². The van der Waals surface area contributed by atoms with Crippen molar-refractivity contribution in [2.45, 2.75) is 64.4 Å². The van der Waals surface area contributed by atoms with E-state index in [-0.39, 0.29) is 6.04 Å². The number of piperidine rings is 1. The number of rotatable bonds is 2. The predicted molar refractivity (Wildman–Crippen MR) is 69.5 cm³/mol. The van der Waals surface area contributed by atoms with Crippen molar-refractivity contribution in [2.24, 2.45) is 0 Å². The van der Waals surface area contributed by atoms with Crippen LogP contribution in [0.3, 0.4) is 0 Å². The Kier molecular flexibility index (Phi) is 5.29. The molecular weight excluding hydrogens is 273 g/mol. The molecule has 0 radical (unpaired) electrons. The molecule has 1 atom stereocenters. The number of carbonyl (C=O) groups excluding carboxylic acids is 1. The van der Waals surface area contributed by atoms with E-state index in [2.05, 4.69) is 5.32 Å². The fraction of sp³-hybridized carbons (Fsp3) is 0.923. The maximum atomic E-state index is 12.4. The molecule has 1 unspecified atom stereocenters. The molecule has 0 aromatic rings. The van der Waals surface area contributed by atoms with Crippen molar-refractivity contribution in [2.75, 3.05) is 13.1 Å². The Morgan fingerprint density at radius 1 is 1.25 bits per heavy atom. The largest absolute Gasteiger partial charge is 0.444 e. The topological polar surface area (TPSA) is 41.6 Å². The molecule has 1 saturated heterocycles. The van der Waals surface area contributed by atoms with E-state index in [9.17, 15) is 18.0 Å². The van der Waals surface area contributed by atoms with Crippen LogP contribution in [-0.2, 0) is 4.74 Å². The lowest BCUT2D eigenvalue weighted by molar-refractivity contribution is -0.154. The lowest BCUT2D eigenvalue weighted by atomic mass is 10.0. The van der Waals surface area contributed by atoms with Gasteiger partial charge < -0.3 is 15.0 Å². The zero-order chi connectivity index (χ0) is 15.6. The molecule has 1 aliphatic rings. The fourth-order valence-electron chi connectivity index (χ4n) is 2.00. The van der Waals surface area contributed by atoms with Gasteiger partial charge in [-0.05, 0) is 40.5 Å². The zero-order valence-electron chi connectivity index (χ0n) is 12.4. The van der Waals surface area contributed by atoms with Gasteiger partial charge in [0.25, 0.3) is 0 Å². The van der Waals surface area contributed by atoms with Crippen LogP contribution in [0.15, 0.2) is 0 Å². The number of alkyl halides is 3. The Labute approximate surface area is 117 Å². The second kappa shape index (κ2) is 6.20. The second-order valence-electron chi connectivity index (χ2n) is 6.17. The van der Waals surface area contributed by atoms with Gasteiger partial charge in [-0.15, -0.1) is 0 Å². The number of hydrogen-bond donors (Lipinski definition) is 1. The third-order valence-electron chi connectivity index (χ3n) is 3.12. The number of hydrogen-bond acceptors (Lipinski definition) is 3. The minimum Gasteiger partial charge on any atom is -0.444 e. The molecule has 0 aromatic heterocycles. The van der Waals surface area contributed by atoms with Gasteiger partial charge in [-0.25, -0.2) is 4.79 Å². The lowest BCUT2D eigenvalue weighted by Gasteiger charge is -2.35. The highest BCUT2D eigenvalue weighted by molar-refractivity contribution is 5.68. The Balaban J connectivity index is 2.39. The van der Waals surface area contributed by atoms with E-state index in [1.165, 1.54) is 0 Å². The molecule has 0 saturated carbocycles. The first-order valence-corrected chi connectivity index (χ1v) is 6.80. The summed E-state index contributed by atoms with van der Waals surface area (Å²) in [4.78, 5) is 13.3. The van der Waals surface area contributed by atoms with Crippen molar-refractivity contribution in [3.8, 4) is 0 Å². The molecule has 0 aromatic carbocycles. The van der Waals surface area contributed by atoms with Gasteiger partial charge in [-0.2, -0.15) is 13.2 Å². The second-order valence-corrected chi connectivity index (χ2v) is 6.17. The molecule has 1 heterocycles. The molecule has 7 heteroatoms. The van der Waals surface area contributed by atoms with Gasteiger partial charge in [0.1, 0.15) is 11.6 Å². The minimum absolute atomic E-state index is 0.217. The quantitative estimate of drug-likeness (QED) is 0.852. The molecule has 0 spiro atoms. The number of nitrogens with one attached hydrogen (secondary N) is 1. The monoisotopic (exact) mass is 296 g/mol. The molecule has 1 rings (SSSR count). The predicted octanol–water partition coefficient (Wildman–Crippen LogP) is 2.93. The number of likely N-dealkylation sites (tertiary alicyclic amines) is 1. The van der Waals surface area contributed by atoms with Crippen LogP contribution in [0, 0.1) is 0 Å². The summed E-state index contributed by atoms with van der Waals surface area (Å²) >= 11 is 0. The number of nitrogens with zero attached hydrogens (tertiary/aromatic N) is 1. The minimum atomic E-state index is -4.23. The standard InChI is InChI=1S/C13H23F3N2O2/c1-9(13(14,15)16)17-10-5-7-18(8-6-10)11(19)20-12(2,3)4/h9-10,17H,5-8H2,1-4H3. The van der Waals surface area contributed by atoms with Crippen molar-refractivity contribution >= 4 is 6.09 Å². The van der Waals surface area contributed by atoms with E-state index in [1.54, 1.807) is 25.7 Å². The Hall–Kier alpha value is -0.980. The van der Waals surface area contributed by atoms with Crippen LogP contribution in [0.2, 0.25) is 0 Å². The van der Waals surface area contributed by atoms with E-state index in [4.69, 9.17) is 4.74 Å². The smallest absolute Gasteiger partial charge is 0.410 e. The molecule has 1 fully saturated rings. The first kappa shape index (κ1) is 17.1. The molecule has 20 heavy (non-hydrogen) atoms. The summed E-state index contributed by atoms with van der Waals surface area (Å²) in [6.07, 6.45) is -3.64. The number of ether oxygens (including phenoxy) is 1. The number of amides is 1. The number of halogens is 3. The van der Waals surface area contributed by atoms with Crippen LogP contribution in [0.1, 0.15) is 40.5 Å². The summed E-state index contributed by atoms with van der Waals surface area (Å²) in [7, 11) is 0. The average molecular weight is 296 g/mol. The third-order valence-corrected chi connectivity index (χ3v) is 3.12. The highest BCUT2D eigenvalue weighted by atomic mass is 19.4. The lowest BCUT2D eigenvalue weighted by Crippen LogP contribution is -2.51. The Bertz CT molecular complexity index is 331. The Morgan fingerprint density at radius 2 is 1.75 bits per heavy atom. The van der Waals surface area contributed by atoms with Gasteiger partial charge in [0.05, 0.1) is 0 Å². The maximum Gasteiger partial charge on any atom is 0.410 e. The van der Waals surface area contributed by atoms with Crippen LogP contribution in [0.4, 0.5) is 18.0 Å². The molecule has 118 valence electrons. The van der Waals surface area contributed by atoms with E-state index >= 15 is 0 Å². The maximum absolute atomic E-state index is 12.4. The third kappa shape index (κ3) is 5.56. The van der Waals surface area contributed by atoms with E-state index < -0.39 is 23.9 Å². The molecule has 4 nitrogen and oxygen atoms in total. The molecule has 1 amide bonds. The normalized spacial score (nSPS) is 19.9. The van der Waals surface area contributed by atoms with Crippen LogP contribution >= 0.6 is 0 Å². The van der Waals surface area contributed by atoms with E-state index in [1.807, 2.05) is 0 Å². The van der Waals surface area contributed by atoms with Crippen LogP contribution < -0.4 is 5.32 Å². The summed E-state index contributed by atoms with van der Waals surface area (Å²) in [6, 6.07) is -1.74. The summed E-state index contributed by atoms with van der Waals surface area (Å²) in [5.41, 5.74) is -0.559. The van der Waals surface area contributed by atoms with Crippen LogP contribution in [0.5, 0.6) is 0 Å². The first-order chi connectivity index (χ1) is 8.99. The van der Waals surface area contributed by atoms with Crippen molar-refractivity contribution in [1.29, 1.82) is 0 Å². The highest BCUT2D eigenvalue weighted by Crippen LogP contribution is 2.22. The van der Waals surface area contributed by atoms with Crippen molar-refractivity contribution in [3.05, 3.63) is 0 Å². The SMILES string of the molecule is CC(NC1CCN(C(=O)OC(C)(C)C)CC1)C(F)(F)F. The van der Waals surface area contributed by atoms with Crippen LogP contribution in [0.25, 0.3) is 0 Å². The summed E-state index contributed by atoms with van der Waals surface area (Å²) in [6.45, 7) is 7.28. The van der Waals surface area contributed by atoms with Gasteiger partial charge in [0, 0.05) is 19.1 Å². The molecule has 1 aliphatic heterocycles. The molecule has 1 N–H and O–H groups in total. The van der Waals surface area contributed by atoms with Gasteiger partial charge in [0.2, 0.25) is 0 Å². The fourth-order valence-corrected chi connectivity index (χ4v) is 2.00. The Morgan fingerprint density at radius 3 is 2.15 bits per heavy atom. The van der Waals surface area contributed by atoms with Crippen molar-refractivity contribution in [1.82, 2.24) is 10.2 Å². The van der Waals surface area contributed by atoms with E-state index in [0.29, 0.717) is 25.9 Å². The average Bonchev–Trinajstić information content (AvgIpc) is 2.26. The summed E-state index contributed by atoms with van der Waals surface area (Å²) in [5.74, 6) is 0. The van der Waals surface area contributed by atoms with Crippen molar-refractivity contribution < 1.29 is 22.7 Å². The molecule has 0 bridgehead atoms. The molecule has 0 aliphatic carbocycles. The van der Waals surface area contributed by atoms with E-state index in [0.717, 1.165) is 6.92 Å². The first-order valence-electron chi connectivity index (χ1n) is 6.80. The number of carbonyl (C=O) groups is 1. The summed E-state index contributed by atoms with van der Waals surface area (Å²) < 4.78 is 42.6. The van der Waals surface area contributed by atoms with Gasteiger partial charge in [0.15, 0.2) is 0 Å². The van der Waals surface area contributed by atoms with Gasteiger partial charge in [-0.1, -0.05) is 0 Å². The summed E-state index contributed by atoms with van der Waals surface area (Å²) in [5, 5.41) is 2.56.